The largest absolute Gasteiger partial charge is 0.467 e. The van der Waals surface area contributed by atoms with Crippen LogP contribution in [0.4, 0.5) is 5.69 Å². The second-order valence-corrected chi connectivity index (χ2v) is 3.33. The summed E-state index contributed by atoms with van der Waals surface area (Å²) in [6.07, 6.45) is 0. The minimum Gasteiger partial charge on any atom is -0.467 e. The van der Waals surface area contributed by atoms with Crippen LogP contribution < -0.4 is 5.32 Å². The molecular formula is C10H12ClNO2. The van der Waals surface area contributed by atoms with Gasteiger partial charge in [0.05, 0.1) is 7.11 Å². The Kier molecular flexibility index (Phi) is 3.77. The average Bonchev–Trinajstić information content (AvgIpc) is 2.20. The van der Waals surface area contributed by atoms with Crippen LogP contribution in [0.3, 0.4) is 0 Å². The zero-order valence-corrected chi connectivity index (χ0v) is 8.84. The van der Waals surface area contributed by atoms with Gasteiger partial charge >= 0.3 is 5.97 Å². The van der Waals surface area contributed by atoms with Crippen molar-refractivity contribution in [1.82, 2.24) is 0 Å². The quantitative estimate of drug-likeness (QED) is 0.784. The van der Waals surface area contributed by atoms with E-state index in [-0.39, 0.29) is 12.0 Å². The molecule has 76 valence electrons. The molecule has 1 unspecified atom stereocenters. The van der Waals surface area contributed by atoms with E-state index in [0.717, 1.165) is 5.69 Å². The lowest BCUT2D eigenvalue weighted by molar-refractivity contribution is -0.141. The van der Waals surface area contributed by atoms with Crippen molar-refractivity contribution in [3.63, 3.8) is 0 Å². The lowest BCUT2D eigenvalue weighted by Gasteiger charge is -2.12. The van der Waals surface area contributed by atoms with Gasteiger partial charge in [-0.2, -0.15) is 0 Å². The zero-order chi connectivity index (χ0) is 10.6. The first-order valence-electron chi connectivity index (χ1n) is 4.23. The highest BCUT2D eigenvalue weighted by atomic mass is 35.5. The lowest BCUT2D eigenvalue weighted by Crippen LogP contribution is -2.26. The Morgan fingerprint density at radius 1 is 1.43 bits per heavy atom. The van der Waals surface area contributed by atoms with Crippen LogP contribution in [0.2, 0.25) is 5.02 Å². The Morgan fingerprint density at radius 3 is 2.50 bits per heavy atom. The van der Waals surface area contributed by atoms with Crippen molar-refractivity contribution in [1.29, 1.82) is 0 Å². The summed E-state index contributed by atoms with van der Waals surface area (Å²) in [5, 5.41) is 3.65. The maximum atomic E-state index is 11.1. The lowest BCUT2D eigenvalue weighted by atomic mass is 10.2. The normalized spacial score (nSPS) is 11.9. The number of ether oxygens (including phenoxy) is 1. The molecule has 0 bridgehead atoms. The molecule has 0 aliphatic carbocycles. The second kappa shape index (κ2) is 4.86. The Labute approximate surface area is 88.0 Å². The number of benzene rings is 1. The van der Waals surface area contributed by atoms with Crippen LogP contribution in [0.15, 0.2) is 24.3 Å². The summed E-state index contributed by atoms with van der Waals surface area (Å²) >= 11 is 5.72. The summed E-state index contributed by atoms with van der Waals surface area (Å²) in [7, 11) is 1.36. The van der Waals surface area contributed by atoms with Crippen molar-refractivity contribution < 1.29 is 9.53 Å². The third-order valence-corrected chi connectivity index (χ3v) is 2.03. The second-order valence-electron chi connectivity index (χ2n) is 2.90. The van der Waals surface area contributed by atoms with Crippen molar-refractivity contribution in [2.45, 2.75) is 13.0 Å². The minimum atomic E-state index is -0.360. The number of hydrogen-bond acceptors (Lipinski definition) is 3. The van der Waals surface area contributed by atoms with Gasteiger partial charge in [-0.3, -0.25) is 0 Å². The van der Waals surface area contributed by atoms with E-state index in [1.54, 1.807) is 19.1 Å². The number of hydrogen-bond donors (Lipinski definition) is 1. The highest BCUT2D eigenvalue weighted by molar-refractivity contribution is 6.30. The van der Waals surface area contributed by atoms with E-state index in [9.17, 15) is 4.79 Å². The molecule has 0 aliphatic rings. The van der Waals surface area contributed by atoms with Gasteiger partial charge in [-0.25, -0.2) is 4.79 Å². The van der Waals surface area contributed by atoms with E-state index in [0.29, 0.717) is 5.02 Å². The van der Waals surface area contributed by atoms with Gasteiger partial charge in [-0.1, -0.05) is 11.6 Å². The monoisotopic (exact) mass is 213 g/mol. The maximum absolute atomic E-state index is 11.1. The van der Waals surface area contributed by atoms with Crippen molar-refractivity contribution in [3.05, 3.63) is 29.3 Å². The van der Waals surface area contributed by atoms with Crippen LogP contribution in [-0.2, 0) is 9.53 Å². The highest BCUT2D eigenvalue weighted by Gasteiger charge is 2.11. The summed E-state index contributed by atoms with van der Waals surface area (Å²) < 4.78 is 4.58. The summed E-state index contributed by atoms with van der Waals surface area (Å²) in [4.78, 5) is 11.1. The van der Waals surface area contributed by atoms with Gasteiger partial charge in [0.2, 0.25) is 0 Å². The van der Waals surface area contributed by atoms with Crippen LogP contribution in [0.5, 0.6) is 0 Å². The van der Waals surface area contributed by atoms with Crippen LogP contribution >= 0.6 is 11.6 Å². The molecule has 1 atom stereocenters. The molecule has 14 heavy (non-hydrogen) atoms. The molecule has 1 aromatic carbocycles. The predicted molar refractivity (Wildman–Crippen MR) is 56.6 cm³/mol. The molecule has 0 fully saturated rings. The topological polar surface area (TPSA) is 38.3 Å². The first-order valence-corrected chi connectivity index (χ1v) is 4.61. The Bertz CT molecular complexity index is 310. The van der Waals surface area contributed by atoms with Gasteiger partial charge in [0.15, 0.2) is 0 Å². The molecule has 1 rings (SSSR count). The SMILES string of the molecule is COC(=O)C(C)Nc1ccc(Cl)cc1. The molecule has 1 aromatic rings. The van der Waals surface area contributed by atoms with Crippen LogP contribution in [0.25, 0.3) is 0 Å². The number of carbonyl (C=O) groups is 1. The fourth-order valence-electron chi connectivity index (χ4n) is 1.03. The van der Waals surface area contributed by atoms with Crippen molar-refractivity contribution >= 4 is 23.3 Å². The van der Waals surface area contributed by atoms with Gasteiger partial charge in [-0.15, -0.1) is 0 Å². The van der Waals surface area contributed by atoms with Gasteiger partial charge < -0.3 is 10.1 Å². The molecule has 1 N–H and O–H groups in total. The molecule has 0 saturated heterocycles. The molecule has 0 saturated carbocycles. The van der Waals surface area contributed by atoms with Gasteiger partial charge in [-0.05, 0) is 31.2 Å². The summed E-state index contributed by atoms with van der Waals surface area (Å²) in [5.74, 6) is -0.292. The minimum absolute atomic E-state index is 0.292. The summed E-state index contributed by atoms with van der Waals surface area (Å²) in [5.41, 5.74) is 0.840. The molecule has 0 aliphatic heterocycles. The van der Waals surface area contributed by atoms with E-state index < -0.39 is 0 Å². The first-order chi connectivity index (χ1) is 6.63. The number of rotatable bonds is 3. The highest BCUT2D eigenvalue weighted by Crippen LogP contribution is 2.14. The standard InChI is InChI=1S/C10H12ClNO2/c1-7(10(13)14-2)12-9-5-3-8(11)4-6-9/h3-7,12H,1-2H3. The van der Waals surface area contributed by atoms with Crippen LogP contribution in [0.1, 0.15) is 6.92 Å². The third-order valence-electron chi connectivity index (χ3n) is 1.78. The number of methoxy groups -OCH3 is 1. The average molecular weight is 214 g/mol. The molecule has 0 aromatic heterocycles. The number of anilines is 1. The van der Waals surface area contributed by atoms with E-state index in [4.69, 9.17) is 11.6 Å². The Hall–Kier alpha value is -1.22. The smallest absolute Gasteiger partial charge is 0.327 e. The van der Waals surface area contributed by atoms with E-state index >= 15 is 0 Å². The van der Waals surface area contributed by atoms with Crippen molar-refractivity contribution in [2.75, 3.05) is 12.4 Å². The Balaban J connectivity index is 2.60. The van der Waals surface area contributed by atoms with Crippen LogP contribution in [0, 0.1) is 0 Å². The van der Waals surface area contributed by atoms with E-state index in [1.165, 1.54) is 7.11 Å². The molecule has 0 radical (unpaired) electrons. The molecule has 4 heteroatoms. The summed E-state index contributed by atoms with van der Waals surface area (Å²) in [6.45, 7) is 1.74. The van der Waals surface area contributed by atoms with E-state index in [2.05, 4.69) is 10.1 Å². The number of halogens is 1. The van der Waals surface area contributed by atoms with Crippen LogP contribution in [-0.4, -0.2) is 19.1 Å². The maximum Gasteiger partial charge on any atom is 0.327 e. The summed E-state index contributed by atoms with van der Waals surface area (Å²) in [6, 6.07) is 6.77. The first kappa shape index (κ1) is 10.9. The molecular weight excluding hydrogens is 202 g/mol. The van der Waals surface area contributed by atoms with Gasteiger partial charge in [0, 0.05) is 10.7 Å². The number of esters is 1. The fraction of sp³-hybridized carbons (Fsp3) is 0.300. The fourth-order valence-corrected chi connectivity index (χ4v) is 1.16. The number of nitrogens with one attached hydrogen (secondary N) is 1. The van der Waals surface area contributed by atoms with Gasteiger partial charge in [0.1, 0.15) is 6.04 Å². The molecule has 0 spiro atoms. The third kappa shape index (κ3) is 2.92. The Morgan fingerprint density at radius 2 is 2.00 bits per heavy atom. The zero-order valence-electron chi connectivity index (χ0n) is 8.08. The van der Waals surface area contributed by atoms with Crippen molar-refractivity contribution in [2.24, 2.45) is 0 Å². The predicted octanol–water partition coefficient (Wildman–Crippen LogP) is 2.31. The van der Waals surface area contributed by atoms with E-state index in [1.807, 2.05) is 12.1 Å². The number of carbonyl (C=O) groups excluding carboxylic acids is 1. The van der Waals surface area contributed by atoms with Gasteiger partial charge in [0.25, 0.3) is 0 Å². The molecule has 0 heterocycles. The molecule has 0 amide bonds. The van der Waals surface area contributed by atoms with Crippen molar-refractivity contribution in [3.8, 4) is 0 Å². The molecule has 3 nitrogen and oxygen atoms in total.